The summed E-state index contributed by atoms with van der Waals surface area (Å²) in [5, 5.41) is 3.32. The Morgan fingerprint density at radius 3 is 2.39 bits per heavy atom. The maximum absolute atomic E-state index is 13.4. The van der Waals surface area contributed by atoms with E-state index in [4.69, 9.17) is 15.7 Å². The van der Waals surface area contributed by atoms with Gasteiger partial charge in [-0.05, 0) is 66.2 Å². The van der Waals surface area contributed by atoms with Crippen molar-refractivity contribution in [2.45, 2.75) is 5.92 Å². The van der Waals surface area contributed by atoms with E-state index >= 15 is 0 Å². The van der Waals surface area contributed by atoms with Gasteiger partial charge in [-0.3, -0.25) is 4.57 Å². The van der Waals surface area contributed by atoms with Gasteiger partial charge in [-0.25, -0.2) is 19.3 Å². The van der Waals surface area contributed by atoms with Gasteiger partial charge >= 0.3 is 0 Å². The van der Waals surface area contributed by atoms with Crippen LogP contribution in [-0.4, -0.2) is 32.6 Å². The highest BCUT2D eigenvalue weighted by atomic mass is 19.1. The lowest BCUT2D eigenvalue weighted by atomic mass is 9.94. The van der Waals surface area contributed by atoms with E-state index in [-0.39, 0.29) is 5.82 Å². The summed E-state index contributed by atoms with van der Waals surface area (Å²) in [6.45, 7) is 2.01. The molecule has 6 rings (SSSR count). The van der Waals surface area contributed by atoms with Crippen molar-refractivity contribution in [1.29, 1.82) is 0 Å². The highest BCUT2D eigenvalue weighted by molar-refractivity contribution is 5.84. The van der Waals surface area contributed by atoms with E-state index in [1.54, 1.807) is 18.3 Å². The Morgan fingerprint density at radius 2 is 1.70 bits per heavy atom. The summed E-state index contributed by atoms with van der Waals surface area (Å²) < 4.78 is 15.4. The summed E-state index contributed by atoms with van der Waals surface area (Å²) in [5.41, 5.74) is 12.2. The van der Waals surface area contributed by atoms with Gasteiger partial charge in [0.2, 0.25) is 0 Å². The van der Waals surface area contributed by atoms with Gasteiger partial charge in [0.1, 0.15) is 17.2 Å². The number of anilines is 1. The van der Waals surface area contributed by atoms with E-state index in [0.717, 1.165) is 41.1 Å². The van der Waals surface area contributed by atoms with Crippen LogP contribution < -0.4 is 11.1 Å². The second-order valence-corrected chi connectivity index (χ2v) is 8.20. The van der Waals surface area contributed by atoms with Gasteiger partial charge in [-0.2, -0.15) is 0 Å². The Morgan fingerprint density at radius 1 is 0.909 bits per heavy atom. The molecule has 4 heterocycles. The number of nitrogens with two attached hydrogens (primary N) is 1. The van der Waals surface area contributed by atoms with Crippen LogP contribution in [0.5, 0.6) is 0 Å². The van der Waals surface area contributed by atoms with Crippen LogP contribution in [0, 0.1) is 5.82 Å². The third-order valence-corrected chi connectivity index (χ3v) is 6.13. The predicted octanol–water partition coefficient (Wildman–Crippen LogP) is 4.56. The molecule has 6 nitrogen and oxygen atoms in total. The van der Waals surface area contributed by atoms with Crippen LogP contribution in [0.1, 0.15) is 11.5 Å². The SMILES string of the molecule is Nc1ncccc1-c1nc2ccc(-c3ccc(F)cc3)nc2n1-c1ccc(C2CNC2)cc1. The standard InChI is InChI=1S/C26H21FN6/c27-19-7-3-17(4-8-19)22-11-12-23-26(31-22)33(25(32-23)21-2-1-13-30-24(21)28)20-9-5-16(6-10-20)18-14-29-15-18/h1-13,18,29H,14-15H2,(H2,28,30). The first kappa shape index (κ1) is 19.6. The quantitative estimate of drug-likeness (QED) is 0.432. The number of hydrogen-bond donors (Lipinski definition) is 2. The molecule has 3 aromatic heterocycles. The number of nitrogens with one attached hydrogen (secondary N) is 1. The van der Waals surface area contributed by atoms with Crippen molar-refractivity contribution in [2.75, 3.05) is 18.8 Å². The maximum Gasteiger partial charge on any atom is 0.165 e. The Hall–Kier alpha value is -4.10. The molecule has 162 valence electrons. The van der Waals surface area contributed by atoms with Crippen molar-refractivity contribution in [3.05, 3.63) is 90.4 Å². The van der Waals surface area contributed by atoms with Gasteiger partial charge in [-0.15, -0.1) is 0 Å². The first-order valence-electron chi connectivity index (χ1n) is 10.8. The lowest BCUT2D eigenvalue weighted by Crippen LogP contribution is -2.39. The second-order valence-electron chi connectivity index (χ2n) is 8.20. The van der Waals surface area contributed by atoms with Gasteiger partial charge in [0.15, 0.2) is 11.5 Å². The zero-order valence-corrected chi connectivity index (χ0v) is 17.7. The molecule has 0 aliphatic carbocycles. The largest absolute Gasteiger partial charge is 0.383 e. The Kier molecular flexibility index (Phi) is 4.62. The summed E-state index contributed by atoms with van der Waals surface area (Å²) in [4.78, 5) is 14.0. The number of nitrogens with zero attached hydrogens (tertiary/aromatic N) is 4. The predicted molar refractivity (Wildman–Crippen MR) is 128 cm³/mol. The van der Waals surface area contributed by atoms with Gasteiger partial charge in [0, 0.05) is 36.5 Å². The minimum Gasteiger partial charge on any atom is -0.383 e. The molecule has 0 spiro atoms. The fourth-order valence-corrected chi connectivity index (χ4v) is 4.19. The average molecular weight is 436 g/mol. The maximum atomic E-state index is 13.4. The molecule has 33 heavy (non-hydrogen) atoms. The molecule has 0 saturated carbocycles. The number of fused-ring (bicyclic) bond motifs is 1. The molecule has 0 amide bonds. The zero-order chi connectivity index (χ0) is 22.4. The third-order valence-electron chi connectivity index (χ3n) is 6.13. The van der Waals surface area contributed by atoms with E-state index in [2.05, 4.69) is 34.6 Å². The van der Waals surface area contributed by atoms with E-state index in [1.165, 1.54) is 17.7 Å². The fraction of sp³-hybridized carbons (Fsp3) is 0.115. The minimum atomic E-state index is -0.277. The third kappa shape index (κ3) is 3.43. The van der Waals surface area contributed by atoms with Crippen LogP contribution in [0.15, 0.2) is 79.0 Å². The van der Waals surface area contributed by atoms with Crippen molar-refractivity contribution < 1.29 is 4.39 Å². The number of imidazole rings is 1. The van der Waals surface area contributed by atoms with Crippen LogP contribution in [0.25, 0.3) is 39.5 Å². The number of nitrogen functional groups attached to an aromatic ring is 1. The van der Waals surface area contributed by atoms with Crippen molar-refractivity contribution in [2.24, 2.45) is 0 Å². The molecular weight excluding hydrogens is 415 g/mol. The Bertz CT molecular complexity index is 1450. The van der Waals surface area contributed by atoms with Crippen molar-refractivity contribution in [3.63, 3.8) is 0 Å². The molecule has 7 heteroatoms. The Balaban J connectivity index is 1.56. The second kappa shape index (κ2) is 7.79. The topological polar surface area (TPSA) is 81.7 Å². The fourth-order valence-electron chi connectivity index (χ4n) is 4.19. The van der Waals surface area contributed by atoms with E-state index in [9.17, 15) is 4.39 Å². The zero-order valence-electron chi connectivity index (χ0n) is 17.7. The van der Waals surface area contributed by atoms with Crippen LogP contribution in [0.3, 0.4) is 0 Å². The van der Waals surface area contributed by atoms with Gasteiger partial charge in [0.25, 0.3) is 0 Å². The number of rotatable bonds is 4. The molecule has 5 aromatic rings. The molecule has 0 radical (unpaired) electrons. The number of pyridine rings is 2. The average Bonchev–Trinajstić information content (AvgIpc) is 3.18. The normalized spacial score (nSPS) is 13.8. The smallest absolute Gasteiger partial charge is 0.165 e. The number of aromatic nitrogens is 4. The summed E-state index contributed by atoms with van der Waals surface area (Å²) in [6, 6.07) is 22.4. The molecule has 0 atom stereocenters. The summed E-state index contributed by atoms with van der Waals surface area (Å²) in [5.74, 6) is 1.36. The molecule has 1 saturated heterocycles. The van der Waals surface area contributed by atoms with Crippen LogP contribution in [0.2, 0.25) is 0 Å². The number of halogens is 1. The molecule has 1 aliphatic rings. The number of hydrogen-bond acceptors (Lipinski definition) is 5. The van der Waals surface area contributed by atoms with Crippen molar-refractivity contribution in [1.82, 2.24) is 24.8 Å². The molecule has 1 aliphatic heterocycles. The lowest BCUT2D eigenvalue weighted by molar-refractivity contribution is 0.448. The van der Waals surface area contributed by atoms with Crippen LogP contribution in [-0.2, 0) is 0 Å². The van der Waals surface area contributed by atoms with Gasteiger partial charge in [-0.1, -0.05) is 12.1 Å². The summed E-state index contributed by atoms with van der Waals surface area (Å²) in [7, 11) is 0. The molecule has 3 N–H and O–H groups in total. The van der Waals surface area contributed by atoms with Crippen LogP contribution >= 0.6 is 0 Å². The van der Waals surface area contributed by atoms with E-state index in [1.807, 2.05) is 28.8 Å². The molecule has 0 unspecified atom stereocenters. The lowest BCUT2D eigenvalue weighted by Gasteiger charge is -2.27. The van der Waals surface area contributed by atoms with Gasteiger partial charge < -0.3 is 11.1 Å². The summed E-state index contributed by atoms with van der Waals surface area (Å²) in [6.07, 6.45) is 1.66. The summed E-state index contributed by atoms with van der Waals surface area (Å²) >= 11 is 0. The Labute approximate surface area is 190 Å². The molecule has 0 bridgehead atoms. The highest BCUT2D eigenvalue weighted by Gasteiger charge is 2.21. The highest BCUT2D eigenvalue weighted by Crippen LogP contribution is 2.32. The minimum absolute atomic E-state index is 0.277. The first-order valence-corrected chi connectivity index (χ1v) is 10.8. The first-order chi connectivity index (χ1) is 16.2. The van der Waals surface area contributed by atoms with Gasteiger partial charge in [0.05, 0.1) is 11.3 Å². The van der Waals surface area contributed by atoms with Crippen molar-refractivity contribution >= 4 is 17.0 Å². The van der Waals surface area contributed by atoms with E-state index < -0.39 is 0 Å². The van der Waals surface area contributed by atoms with Crippen LogP contribution in [0.4, 0.5) is 10.2 Å². The molecule has 2 aromatic carbocycles. The monoisotopic (exact) mass is 436 g/mol. The molecule has 1 fully saturated rings. The number of benzene rings is 2. The van der Waals surface area contributed by atoms with Crippen molar-refractivity contribution in [3.8, 4) is 28.3 Å². The molecular formula is C26H21FN6. The van der Waals surface area contributed by atoms with E-state index in [0.29, 0.717) is 23.2 Å².